The van der Waals surface area contributed by atoms with Gasteiger partial charge in [0, 0.05) is 0 Å². The maximum Gasteiger partial charge on any atom is 0.187 e. The van der Waals surface area contributed by atoms with Gasteiger partial charge in [0.1, 0.15) is 60.7 Å². The molecule has 2 aliphatic heterocycles. The lowest BCUT2D eigenvalue weighted by Crippen LogP contribution is -2.63. The summed E-state index contributed by atoms with van der Waals surface area (Å²) in [5, 5.41) is 70.2. The zero-order valence-corrected chi connectivity index (χ0v) is 16.3. The number of hydrogen-bond acceptors (Lipinski definition) is 11. The molecule has 2 saturated heterocycles. The molecule has 2 heterocycles. The smallest absolute Gasteiger partial charge is 0.187 e. The second-order valence-corrected chi connectivity index (χ2v) is 7.33. The van der Waals surface area contributed by atoms with Gasteiger partial charge in [-0.2, -0.15) is 0 Å². The van der Waals surface area contributed by atoms with Crippen molar-refractivity contribution in [3.05, 3.63) is 29.8 Å². The average molecular weight is 432 g/mol. The van der Waals surface area contributed by atoms with Crippen molar-refractivity contribution in [3.63, 3.8) is 0 Å². The SMILES string of the molecule is COc1ccc([C@@H]2O[C@H](CO)[C@@H](O[C@H]3O[C@H](CO)[C@@H](O)[C@H](O)[C@H]3O)[C@H](O)[C@H]2O)cc1. The molecule has 0 bridgehead atoms. The van der Waals surface area contributed by atoms with E-state index < -0.39 is 74.4 Å². The van der Waals surface area contributed by atoms with Crippen LogP contribution in [0, 0.1) is 0 Å². The van der Waals surface area contributed by atoms with E-state index in [1.54, 1.807) is 24.3 Å². The third-order valence-electron chi connectivity index (χ3n) is 5.45. The Kier molecular flexibility index (Phi) is 7.63. The third kappa shape index (κ3) is 4.46. The lowest BCUT2D eigenvalue weighted by Gasteiger charge is -2.46. The summed E-state index contributed by atoms with van der Waals surface area (Å²) in [7, 11) is 1.51. The molecule has 2 aliphatic rings. The normalized spacial score (nSPS) is 42.1. The highest BCUT2D eigenvalue weighted by Gasteiger charge is 2.50. The summed E-state index contributed by atoms with van der Waals surface area (Å²) in [5.41, 5.74) is 0.534. The maximum atomic E-state index is 10.6. The van der Waals surface area contributed by atoms with Gasteiger partial charge in [-0.25, -0.2) is 0 Å². The fourth-order valence-corrected chi connectivity index (χ4v) is 3.66. The molecular weight excluding hydrogens is 404 g/mol. The van der Waals surface area contributed by atoms with E-state index >= 15 is 0 Å². The molecule has 0 saturated carbocycles. The molecule has 7 N–H and O–H groups in total. The highest BCUT2D eigenvalue weighted by molar-refractivity contribution is 5.29. The molecule has 3 rings (SSSR count). The fraction of sp³-hybridized carbons (Fsp3) is 0.684. The van der Waals surface area contributed by atoms with Crippen molar-refractivity contribution >= 4 is 0 Å². The Bertz CT molecular complexity index is 667. The number of hydrogen-bond donors (Lipinski definition) is 7. The van der Waals surface area contributed by atoms with Crippen molar-refractivity contribution in [1.82, 2.24) is 0 Å². The van der Waals surface area contributed by atoms with Gasteiger partial charge in [-0.1, -0.05) is 12.1 Å². The maximum absolute atomic E-state index is 10.6. The molecule has 0 unspecified atom stereocenters. The molecule has 0 radical (unpaired) electrons. The average Bonchev–Trinajstić information content (AvgIpc) is 2.77. The molecule has 10 atom stereocenters. The molecule has 0 spiro atoms. The Morgan fingerprint density at radius 3 is 1.97 bits per heavy atom. The first-order chi connectivity index (χ1) is 14.3. The van der Waals surface area contributed by atoms with Gasteiger partial charge < -0.3 is 54.7 Å². The van der Waals surface area contributed by atoms with Crippen molar-refractivity contribution in [2.24, 2.45) is 0 Å². The molecule has 1 aromatic carbocycles. The minimum absolute atomic E-state index is 0.534. The van der Waals surface area contributed by atoms with E-state index in [1.807, 2.05) is 0 Å². The zero-order chi connectivity index (χ0) is 22.0. The van der Waals surface area contributed by atoms with Crippen molar-refractivity contribution in [1.29, 1.82) is 0 Å². The van der Waals surface area contributed by atoms with Crippen LogP contribution in [0.3, 0.4) is 0 Å². The fourth-order valence-electron chi connectivity index (χ4n) is 3.66. The second kappa shape index (κ2) is 9.83. The Hall–Kier alpha value is -1.38. The summed E-state index contributed by atoms with van der Waals surface area (Å²) in [5.74, 6) is 0.590. The van der Waals surface area contributed by atoms with Gasteiger partial charge in [-0.3, -0.25) is 0 Å². The molecule has 0 aliphatic carbocycles. The summed E-state index contributed by atoms with van der Waals surface area (Å²) < 4.78 is 21.6. The molecule has 30 heavy (non-hydrogen) atoms. The van der Waals surface area contributed by atoms with Crippen LogP contribution in [0.4, 0.5) is 0 Å². The Balaban J connectivity index is 1.76. The minimum atomic E-state index is -1.70. The van der Waals surface area contributed by atoms with E-state index in [0.29, 0.717) is 11.3 Å². The van der Waals surface area contributed by atoms with E-state index in [9.17, 15) is 35.7 Å². The van der Waals surface area contributed by atoms with Gasteiger partial charge in [0.15, 0.2) is 6.29 Å². The lowest BCUT2D eigenvalue weighted by atomic mass is 9.91. The van der Waals surface area contributed by atoms with Crippen LogP contribution in [0.25, 0.3) is 0 Å². The lowest BCUT2D eigenvalue weighted by molar-refractivity contribution is -0.342. The largest absolute Gasteiger partial charge is 0.497 e. The van der Waals surface area contributed by atoms with E-state index in [4.69, 9.17) is 18.9 Å². The number of methoxy groups -OCH3 is 1. The van der Waals surface area contributed by atoms with Crippen LogP contribution >= 0.6 is 0 Å². The molecule has 0 aromatic heterocycles. The number of aliphatic hydroxyl groups excluding tert-OH is 7. The summed E-state index contributed by atoms with van der Waals surface area (Å²) >= 11 is 0. The molecule has 11 nitrogen and oxygen atoms in total. The Labute approximate surface area is 172 Å². The van der Waals surface area contributed by atoms with E-state index in [1.165, 1.54) is 7.11 Å². The minimum Gasteiger partial charge on any atom is -0.497 e. The number of ether oxygens (including phenoxy) is 4. The summed E-state index contributed by atoms with van der Waals surface area (Å²) in [6.45, 7) is -1.24. The quantitative estimate of drug-likeness (QED) is 0.244. The second-order valence-electron chi connectivity index (χ2n) is 7.33. The summed E-state index contributed by atoms with van der Waals surface area (Å²) in [4.78, 5) is 0. The van der Waals surface area contributed by atoms with Crippen LogP contribution in [-0.4, -0.2) is 111 Å². The van der Waals surface area contributed by atoms with Crippen LogP contribution < -0.4 is 4.74 Å². The molecule has 0 amide bonds. The van der Waals surface area contributed by atoms with Crippen LogP contribution in [0.5, 0.6) is 5.75 Å². The highest BCUT2D eigenvalue weighted by Crippen LogP contribution is 2.35. The van der Waals surface area contributed by atoms with Crippen molar-refractivity contribution in [2.45, 2.75) is 61.2 Å². The molecule has 11 heteroatoms. The van der Waals surface area contributed by atoms with Crippen molar-refractivity contribution in [3.8, 4) is 5.75 Å². The molecule has 1 aromatic rings. The highest BCUT2D eigenvalue weighted by atomic mass is 16.7. The van der Waals surface area contributed by atoms with Gasteiger partial charge in [-0.15, -0.1) is 0 Å². The van der Waals surface area contributed by atoms with Crippen LogP contribution in [0.2, 0.25) is 0 Å². The van der Waals surface area contributed by atoms with Gasteiger partial charge in [0.2, 0.25) is 0 Å². The number of benzene rings is 1. The van der Waals surface area contributed by atoms with Gasteiger partial charge in [0.05, 0.1) is 20.3 Å². The molecule has 2 fully saturated rings. The zero-order valence-electron chi connectivity index (χ0n) is 16.3. The van der Waals surface area contributed by atoms with Gasteiger partial charge in [-0.05, 0) is 17.7 Å². The van der Waals surface area contributed by atoms with Crippen LogP contribution in [0.1, 0.15) is 11.7 Å². The predicted octanol–water partition coefficient (Wildman–Crippen LogP) is -2.97. The van der Waals surface area contributed by atoms with Crippen LogP contribution in [-0.2, 0) is 14.2 Å². The van der Waals surface area contributed by atoms with Crippen molar-refractivity contribution in [2.75, 3.05) is 20.3 Å². The van der Waals surface area contributed by atoms with Crippen molar-refractivity contribution < 1.29 is 54.7 Å². The number of aliphatic hydroxyl groups is 7. The Morgan fingerprint density at radius 2 is 1.40 bits per heavy atom. The summed E-state index contributed by atoms with van der Waals surface area (Å²) in [6, 6.07) is 6.60. The van der Waals surface area contributed by atoms with E-state index in [0.717, 1.165) is 0 Å². The first-order valence-corrected chi connectivity index (χ1v) is 9.54. The monoisotopic (exact) mass is 432 g/mol. The topological polar surface area (TPSA) is 179 Å². The van der Waals surface area contributed by atoms with Crippen LogP contribution in [0.15, 0.2) is 24.3 Å². The van der Waals surface area contributed by atoms with E-state index in [2.05, 4.69) is 0 Å². The van der Waals surface area contributed by atoms with Gasteiger partial charge in [0.25, 0.3) is 0 Å². The third-order valence-corrected chi connectivity index (χ3v) is 5.45. The first-order valence-electron chi connectivity index (χ1n) is 9.54. The molecular formula is C19H28O11. The predicted molar refractivity (Wildman–Crippen MR) is 98.3 cm³/mol. The number of rotatable bonds is 6. The molecule has 170 valence electrons. The first kappa shape index (κ1) is 23.3. The summed E-state index contributed by atoms with van der Waals surface area (Å²) in [6.07, 6.45) is -14.1. The van der Waals surface area contributed by atoms with E-state index in [-0.39, 0.29) is 0 Å². The van der Waals surface area contributed by atoms with Gasteiger partial charge >= 0.3 is 0 Å². The Morgan fingerprint density at radius 1 is 0.767 bits per heavy atom. The standard InChI is InChI=1S/C19H28O11/c1-27-9-4-2-8(3-5-9)17-14(24)15(25)18(11(7-21)28-17)30-19-16(26)13(23)12(22)10(6-20)29-19/h2-5,10-26H,6-7H2,1H3/t10-,11-,12-,13+,14-,15-,16-,17+,18-,19-/m1/s1.